The summed E-state index contributed by atoms with van der Waals surface area (Å²) in [6, 6.07) is 14.5. The number of halogens is 1. The van der Waals surface area contributed by atoms with E-state index < -0.39 is 5.97 Å². The van der Waals surface area contributed by atoms with Crippen LogP contribution in [0.5, 0.6) is 5.75 Å². The van der Waals surface area contributed by atoms with Gasteiger partial charge in [-0.05, 0) is 29.7 Å². The Hall–Kier alpha value is -3.18. The Morgan fingerprint density at radius 3 is 2.67 bits per heavy atom. The molecule has 4 rings (SSSR count). The second-order valence-electron chi connectivity index (χ2n) is 6.09. The van der Waals surface area contributed by atoms with Gasteiger partial charge < -0.3 is 9.72 Å². The largest absolute Gasteiger partial charge is 0.423 e. The lowest BCUT2D eigenvalue weighted by Gasteiger charge is -2.06. The second-order valence-corrected chi connectivity index (χ2v) is 6.53. The van der Waals surface area contributed by atoms with Crippen molar-refractivity contribution < 1.29 is 14.3 Å². The van der Waals surface area contributed by atoms with Gasteiger partial charge in [0.15, 0.2) is 5.75 Å². The van der Waals surface area contributed by atoms with Crippen LogP contribution < -0.4 is 4.74 Å². The molecule has 0 bridgehead atoms. The summed E-state index contributed by atoms with van der Waals surface area (Å²) >= 11 is 6.08. The fourth-order valence-electron chi connectivity index (χ4n) is 2.93. The van der Waals surface area contributed by atoms with Crippen molar-refractivity contribution in [3.8, 4) is 5.75 Å². The fourth-order valence-corrected chi connectivity index (χ4v) is 3.10. The molecule has 4 aromatic rings. The zero-order chi connectivity index (χ0) is 19.0. The lowest BCUT2D eigenvalue weighted by atomic mass is 10.1. The van der Waals surface area contributed by atoms with Crippen molar-refractivity contribution in [3.63, 3.8) is 0 Å². The summed E-state index contributed by atoms with van der Waals surface area (Å²) < 4.78 is 5.46. The molecule has 6 heteroatoms. The standard InChI is InChI=1S/C21H15ClN2O3/c1-2-18(25)27-21-15-10-14(22)7-8-16(15)24-19(21)20(26)17-9-12-5-3-4-6-13(12)11-23-17/h3-11,24H,2H2,1H3. The summed E-state index contributed by atoms with van der Waals surface area (Å²) in [4.78, 5) is 32.3. The molecular formula is C21H15ClN2O3. The van der Waals surface area contributed by atoms with Crippen LogP contribution in [-0.4, -0.2) is 21.7 Å². The average molecular weight is 379 g/mol. The molecule has 0 amide bonds. The van der Waals surface area contributed by atoms with E-state index in [0.29, 0.717) is 15.9 Å². The van der Waals surface area contributed by atoms with Gasteiger partial charge in [-0.25, -0.2) is 0 Å². The van der Waals surface area contributed by atoms with Crippen LogP contribution in [-0.2, 0) is 4.79 Å². The van der Waals surface area contributed by atoms with Crippen LogP contribution >= 0.6 is 11.6 Å². The first kappa shape index (κ1) is 17.2. The number of aromatic nitrogens is 2. The second kappa shape index (κ2) is 6.85. The number of nitrogens with one attached hydrogen (secondary N) is 1. The molecule has 1 N–H and O–H groups in total. The maximum atomic E-state index is 13.1. The number of pyridine rings is 1. The maximum absolute atomic E-state index is 13.1. The Bertz CT molecular complexity index is 1200. The van der Waals surface area contributed by atoms with E-state index >= 15 is 0 Å². The predicted molar refractivity (Wildman–Crippen MR) is 104 cm³/mol. The molecule has 0 aliphatic heterocycles. The molecule has 134 valence electrons. The van der Waals surface area contributed by atoms with Crippen LogP contribution in [0.2, 0.25) is 5.02 Å². The van der Waals surface area contributed by atoms with Gasteiger partial charge in [0.05, 0.1) is 0 Å². The number of hydrogen-bond donors (Lipinski definition) is 1. The van der Waals surface area contributed by atoms with Crippen LogP contribution in [0.25, 0.3) is 21.7 Å². The first-order valence-electron chi connectivity index (χ1n) is 8.48. The van der Waals surface area contributed by atoms with E-state index in [1.165, 1.54) is 0 Å². The third-order valence-electron chi connectivity index (χ3n) is 4.31. The summed E-state index contributed by atoms with van der Waals surface area (Å²) in [5.41, 5.74) is 1.10. The van der Waals surface area contributed by atoms with E-state index in [9.17, 15) is 9.59 Å². The van der Waals surface area contributed by atoms with Crippen molar-refractivity contribution in [2.45, 2.75) is 13.3 Å². The molecule has 5 nitrogen and oxygen atoms in total. The first-order chi connectivity index (χ1) is 13.1. The molecule has 0 saturated heterocycles. The van der Waals surface area contributed by atoms with E-state index in [0.717, 1.165) is 10.8 Å². The monoisotopic (exact) mass is 378 g/mol. The number of esters is 1. The van der Waals surface area contributed by atoms with Crippen LogP contribution in [0.1, 0.15) is 29.5 Å². The van der Waals surface area contributed by atoms with Crippen molar-refractivity contribution in [3.05, 3.63) is 71.1 Å². The van der Waals surface area contributed by atoms with Crippen LogP contribution in [0.15, 0.2) is 54.7 Å². The number of rotatable bonds is 4. The molecule has 0 radical (unpaired) electrons. The van der Waals surface area contributed by atoms with E-state index in [-0.39, 0.29) is 29.3 Å². The van der Waals surface area contributed by atoms with Crippen molar-refractivity contribution in [1.29, 1.82) is 0 Å². The highest BCUT2D eigenvalue weighted by Gasteiger charge is 2.23. The number of hydrogen-bond acceptors (Lipinski definition) is 4. The Morgan fingerprint density at radius 2 is 1.89 bits per heavy atom. The Morgan fingerprint density at radius 1 is 1.11 bits per heavy atom. The van der Waals surface area contributed by atoms with Gasteiger partial charge in [-0.1, -0.05) is 42.8 Å². The van der Waals surface area contributed by atoms with Crippen LogP contribution in [0.4, 0.5) is 0 Å². The lowest BCUT2D eigenvalue weighted by molar-refractivity contribution is -0.133. The van der Waals surface area contributed by atoms with E-state index in [4.69, 9.17) is 16.3 Å². The van der Waals surface area contributed by atoms with Crippen molar-refractivity contribution in [2.24, 2.45) is 0 Å². The SMILES string of the molecule is CCC(=O)Oc1c(C(=O)c2cc3ccccc3cn2)[nH]c2ccc(Cl)cc12. The summed E-state index contributed by atoms with van der Waals surface area (Å²) in [5, 5.41) is 2.91. The molecule has 27 heavy (non-hydrogen) atoms. The Kier molecular flexibility index (Phi) is 4.38. The first-order valence-corrected chi connectivity index (χ1v) is 8.86. The van der Waals surface area contributed by atoms with Crippen molar-refractivity contribution >= 4 is 45.0 Å². The average Bonchev–Trinajstić information content (AvgIpc) is 3.04. The quantitative estimate of drug-likeness (QED) is 0.404. The minimum Gasteiger partial charge on any atom is -0.423 e. The van der Waals surface area contributed by atoms with Gasteiger partial charge in [-0.2, -0.15) is 0 Å². The number of H-pyrrole nitrogens is 1. The summed E-state index contributed by atoms with van der Waals surface area (Å²) in [5.74, 6) is -0.609. The number of aromatic amines is 1. The Balaban J connectivity index is 1.86. The number of benzene rings is 2. The van der Waals surface area contributed by atoms with Crippen LogP contribution in [0.3, 0.4) is 0 Å². The van der Waals surface area contributed by atoms with Gasteiger partial charge in [0, 0.05) is 33.9 Å². The number of ether oxygens (including phenoxy) is 1. The van der Waals surface area contributed by atoms with E-state index in [1.54, 1.807) is 37.4 Å². The number of carbonyl (C=O) groups is 2. The minimum atomic E-state index is -0.434. The zero-order valence-electron chi connectivity index (χ0n) is 14.5. The highest BCUT2D eigenvalue weighted by atomic mass is 35.5. The summed E-state index contributed by atoms with van der Waals surface area (Å²) in [6.45, 7) is 1.69. The third kappa shape index (κ3) is 3.17. The Labute approximate surface area is 159 Å². The van der Waals surface area contributed by atoms with E-state index in [2.05, 4.69) is 9.97 Å². The number of ketones is 1. The highest BCUT2D eigenvalue weighted by Crippen LogP contribution is 2.34. The van der Waals surface area contributed by atoms with Gasteiger partial charge in [-0.3, -0.25) is 14.6 Å². The summed E-state index contributed by atoms with van der Waals surface area (Å²) in [6.07, 6.45) is 1.84. The molecule has 0 aliphatic rings. The molecule has 2 aromatic carbocycles. The van der Waals surface area contributed by atoms with Gasteiger partial charge in [0.2, 0.25) is 5.78 Å². The van der Waals surface area contributed by atoms with Gasteiger partial charge in [-0.15, -0.1) is 0 Å². The smallest absolute Gasteiger partial charge is 0.310 e. The molecule has 0 aliphatic carbocycles. The minimum absolute atomic E-state index is 0.178. The molecule has 0 atom stereocenters. The predicted octanol–water partition coefficient (Wildman–Crippen LogP) is 4.92. The number of nitrogens with zero attached hydrogens (tertiary/aromatic N) is 1. The molecule has 0 saturated carbocycles. The molecule has 0 spiro atoms. The zero-order valence-corrected chi connectivity index (χ0v) is 15.2. The maximum Gasteiger partial charge on any atom is 0.310 e. The van der Waals surface area contributed by atoms with Gasteiger partial charge in [0.1, 0.15) is 11.4 Å². The molecular weight excluding hydrogens is 364 g/mol. The number of carbonyl (C=O) groups excluding carboxylic acids is 2. The molecule has 0 fully saturated rings. The topological polar surface area (TPSA) is 72.1 Å². The highest BCUT2D eigenvalue weighted by molar-refractivity contribution is 6.31. The lowest BCUT2D eigenvalue weighted by Crippen LogP contribution is -2.11. The molecule has 2 heterocycles. The molecule has 2 aromatic heterocycles. The summed E-state index contributed by atoms with van der Waals surface area (Å²) in [7, 11) is 0. The molecule has 0 unspecified atom stereocenters. The van der Waals surface area contributed by atoms with Crippen molar-refractivity contribution in [2.75, 3.05) is 0 Å². The third-order valence-corrected chi connectivity index (χ3v) is 4.54. The van der Waals surface area contributed by atoms with E-state index in [1.807, 2.05) is 24.3 Å². The number of fused-ring (bicyclic) bond motifs is 2. The normalized spacial score (nSPS) is 11.0. The van der Waals surface area contributed by atoms with Gasteiger partial charge >= 0.3 is 5.97 Å². The van der Waals surface area contributed by atoms with Crippen molar-refractivity contribution in [1.82, 2.24) is 9.97 Å². The van der Waals surface area contributed by atoms with Gasteiger partial charge in [0.25, 0.3) is 0 Å². The van der Waals surface area contributed by atoms with Crippen LogP contribution in [0, 0.1) is 0 Å². The fraction of sp³-hybridized carbons (Fsp3) is 0.0952.